The topological polar surface area (TPSA) is 64.6 Å². The van der Waals surface area contributed by atoms with Crippen molar-refractivity contribution >= 4 is 11.9 Å². The Balaban J connectivity index is 1.70. The molecule has 1 aliphatic carbocycles. The van der Waals surface area contributed by atoms with Gasteiger partial charge in [0.05, 0.1) is 0 Å². The number of aryl methyl sites for hydroxylation is 2. The van der Waals surface area contributed by atoms with Gasteiger partial charge in [0, 0.05) is 6.04 Å². The molecule has 1 aliphatic rings. The van der Waals surface area contributed by atoms with Gasteiger partial charge >= 0.3 is 5.97 Å². The van der Waals surface area contributed by atoms with Crippen LogP contribution in [0.3, 0.4) is 0 Å². The molecular formula is C19H27NO4. The monoisotopic (exact) mass is 333 g/mol. The van der Waals surface area contributed by atoms with Crippen molar-refractivity contribution in [1.82, 2.24) is 5.32 Å². The van der Waals surface area contributed by atoms with Crippen LogP contribution in [0.5, 0.6) is 5.75 Å². The molecule has 0 heterocycles. The largest absolute Gasteiger partial charge is 0.482 e. The normalized spacial score (nSPS) is 20.3. The van der Waals surface area contributed by atoms with E-state index in [0.29, 0.717) is 11.7 Å². The number of hydrogen-bond acceptors (Lipinski definition) is 4. The van der Waals surface area contributed by atoms with Crippen LogP contribution in [-0.2, 0) is 14.3 Å². The van der Waals surface area contributed by atoms with Crippen molar-refractivity contribution in [2.45, 2.75) is 52.5 Å². The zero-order chi connectivity index (χ0) is 17.5. The molecule has 0 aliphatic heterocycles. The maximum atomic E-state index is 11.9. The van der Waals surface area contributed by atoms with Crippen LogP contribution in [0.1, 0.15) is 43.7 Å². The average molecular weight is 333 g/mol. The SMILES string of the molecule is Cc1ccc(C)c(OCC(=O)OCC(=O)NC2CCCCC2C)c1. The quantitative estimate of drug-likeness (QED) is 0.813. The van der Waals surface area contributed by atoms with Crippen molar-refractivity contribution < 1.29 is 19.1 Å². The summed E-state index contributed by atoms with van der Waals surface area (Å²) in [4.78, 5) is 23.7. The predicted octanol–water partition coefficient (Wildman–Crippen LogP) is 2.92. The van der Waals surface area contributed by atoms with E-state index >= 15 is 0 Å². The molecule has 0 bridgehead atoms. The highest BCUT2D eigenvalue weighted by molar-refractivity contribution is 5.81. The summed E-state index contributed by atoms with van der Waals surface area (Å²) in [6.07, 6.45) is 4.49. The summed E-state index contributed by atoms with van der Waals surface area (Å²) >= 11 is 0. The molecule has 5 nitrogen and oxygen atoms in total. The highest BCUT2D eigenvalue weighted by Gasteiger charge is 2.23. The molecule has 0 saturated heterocycles. The van der Waals surface area contributed by atoms with Crippen LogP contribution in [-0.4, -0.2) is 31.1 Å². The number of rotatable bonds is 6. The van der Waals surface area contributed by atoms with E-state index in [1.165, 1.54) is 6.42 Å². The lowest BCUT2D eigenvalue weighted by molar-refractivity contribution is -0.150. The number of esters is 1. The average Bonchev–Trinajstić information content (AvgIpc) is 2.56. The smallest absolute Gasteiger partial charge is 0.344 e. The minimum atomic E-state index is -0.539. The molecule has 0 spiro atoms. The van der Waals surface area contributed by atoms with Crippen LogP contribution < -0.4 is 10.1 Å². The van der Waals surface area contributed by atoms with Gasteiger partial charge in [0.15, 0.2) is 13.2 Å². The summed E-state index contributed by atoms with van der Waals surface area (Å²) < 4.78 is 10.5. The van der Waals surface area contributed by atoms with Crippen molar-refractivity contribution in [3.8, 4) is 5.75 Å². The summed E-state index contributed by atoms with van der Waals surface area (Å²) in [5.41, 5.74) is 2.02. The van der Waals surface area contributed by atoms with Crippen molar-refractivity contribution in [3.05, 3.63) is 29.3 Å². The van der Waals surface area contributed by atoms with E-state index in [0.717, 1.165) is 30.4 Å². The molecule has 132 valence electrons. The van der Waals surface area contributed by atoms with Crippen LogP contribution in [0.2, 0.25) is 0 Å². The van der Waals surface area contributed by atoms with E-state index in [-0.39, 0.29) is 25.2 Å². The molecule has 1 aromatic carbocycles. The van der Waals surface area contributed by atoms with E-state index in [9.17, 15) is 9.59 Å². The summed E-state index contributed by atoms with van der Waals surface area (Å²) in [5, 5.41) is 2.96. The first-order valence-electron chi connectivity index (χ1n) is 8.60. The van der Waals surface area contributed by atoms with E-state index < -0.39 is 5.97 Å². The zero-order valence-electron chi connectivity index (χ0n) is 14.8. The second-order valence-corrected chi connectivity index (χ2v) is 6.65. The summed E-state index contributed by atoms with van der Waals surface area (Å²) in [6, 6.07) is 5.99. The molecule has 2 atom stereocenters. The number of amides is 1. The van der Waals surface area contributed by atoms with Gasteiger partial charge < -0.3 is 14.8 Å². The van der Waals surface area contributed by atoms with E-state index in [1.807, 2.05) is 32.0 Å². The third kappa shape index (κ3) is 5.55. The Morgan fingerprint density at radius 1 is 1.17 bits per heavy atom. The molecule has 5 heteroatoms. The number of nitrogens with one attached hydrogen (secondary N) is 1. The Morgan fingerprint density at radius 2 is 1.92 bits per heavy atom. The Hall–Kier alpha value is -2.04. The van der Waals surface area contributed by atoms with Gasteiger partial charge in [-0.15, -0.1) is 0 Å². The number of hydrogen-bond donors (Lipinski definition) is 1. The molecule has 1 amide bonds. The molecule has 24 heavy (non-hydrogen) atoms. The first-order valence-corrected chi connectivity index (χ1v) is 8.60. The van der Waals surface area contributed by atoms with Crippen molar-refractivity contribution in [2.24, 2.45) is 5.92 Å². The molecule has 1 saturated carbocycles. The van der Waals surface area contributed by atoms with Gasteiger partial charge in [-0.25, -0.2) is 4.79 Å². The minimum absolute atomic E-state index is 0.191. The van der Waals surface area contributed by atoms with Gasteiger partial charge in [0.25, 0.3) is 5.91 Å². The highest BCUT2D eigenvalue weighted by atomic mass is 16.6. The molecule has 0 aromatic heterocycles. The number of ether oxygens (including phenoxy) is 2. The van der Waals surface area contributed by atoms with Gasteiger partial charge in [0.2, 0.25) is 0 Å². The Bertz CT molecular complexity index is 585. The highest BCUT2D eigenvalue weighted by Crippen LogP contribution is 2.23. The maximum absolute atomic E-state index is 11.9. The number of carbonyl (C=O) groups is 2. The van der Waals surface area contributed by atoms with E-state index in [4.69, 9.17) is 9.47 Å². The number of benzene rings is 1. The fourth-order valence-electron chi connectivity index (χ4n) is 2.97. The first kappa shape index (κ1) is 18.3. The van der Waals surface area contributed by atoms with Gasteiger partial charge in [-0.3, -0.25) is 4.79 Å². The zero-order valence-corrected chi connectivity index (χ0v) is 14.8. The van der Waals surface area contributed by atoms with Crippen LogP contribution in [0.4, 0.5) is 0 Å². The summed E-state index contributed by atoms with van der Waals surface area (Å²) in [6.45, 7) is 5.57. The molecule has 2 rings (SSSR count). The maximum Gasteiger partial charge on any atom is 0.344 e. The fourth-order valence-corrected chi connectivity index (χ4v) is 2.97. The third-order valence-corrected chi connectivity index (χ3v) is 4.51. The van der Waals surface area contributed by atoms with Crippen LogP contribution in [0.15, 0.2) is 18.2 Å². The van der Waals surface area contributed by atoms with Crippen LogP contribution in [0.25, 0.3) is 0 Å². The Morgan fingerprint density at radius 3 is 2.67 bits per heavy atom. The fraction of sp³-hybridized carbons (Fsp3) is 0.579. The van der Waals surface area contributed by atoms with Gasteiger partial charge in [-0.1, -0.05) is 31.9 Å². The van der Waals surface area contributed by atoms with Crippen LogP contribution >= 0.6 is 0 Å². The molecular weight excluding hydrogens is 306 g/mol. The summed E-state index contributed by atoms with van der Waals surface area (Å²) in [5.74, 6) is 0.357. The van der Waals surface area contributed by atoms with Gasteiger partial charge in [-0.2, -0.15) is 0 Å². The van der Waals surface area contributed by atoms with Crippen molar-refractivity contribution in [1.29, 1.82) is 0 Å². The minimum Gasteiger partial charge on any atom is -0.482 e. The molecule has 1 N–H and O–H groups in total. The number of carbonyl (C=O) groups excluding carboxylic acids is 2. The molecule has 1 fully saturated rings. The van der Waals surface area contributed by atoms with Crippen molar-refractivity contribution in [2.75, 3.05) is 13.2 Å². The van der Waals surface area contributed by atoms with Gasteiger partial charge in [0.1, 0.15) is 5.75 Å². The lowest BCUT2D eigenvalue weighted by Crippen LogP contribution is -2.43. The molecule has 2 unspecified atom stereocenters. The lowest BCUT2D eigenvalue weighted by atomic mass is 9.86. The Labute approximate surface area is 143 Å². The standard InChI is InChI=1S/C19H27NO4/c1-13-8-9-15(3)17(10-13)23-12-19(22)24-11-18(21)20-16-7-5-4-6-14(16)2/h8-10,14,16H,4-7,11-12H2,1-3H3,(H,20,21). The molecule has 1 aromatic rings. The third-order valence-electron chi connectivity index (χ3n) is 4.51. The van der Waals surface area contributed by atoms with E-state index in [1.54, 1.807) is 0 Å². The van der Waals surface area contributed by atoms with Gasteiger partial charge in [-0.05, 0) is 49.8 Å². The van der Waals surface area contributed by atoms with Crippen molar-refractivity contribution in [3.63, 3.8) is 0 Å². The predicted molar refractivity (Wildman–Crippen MR) is 91.9 cm³/mol. The first-order chi connectivity index (χ1) is 11.5. The lowest BCUT2D eigenvalue weighted by Gasteiger charge is -2.29. The molecule has 0 radical (unpaired) electrons. The van der Waals surface area contributed by atoms with E-state index in [2.05, 4.69) is 12.2 Å². The second kappa shape index (κ2) is 8.71. The second-order valence-electron chi connectivity index (χ2n) is 6.65. The summed E-state index contributed by atoms with van der Waals surface area (Å²) in [7, 11) is 0. The van der Waals surface area contributed by atoms with Crippen LogP contribution in [0, 0.1) is 19.8 Å². The Kier molecular flexibility index (Phi) is 6.64.